The van der Waals surface area contributed by atoms with Gasteiger partial charge < -0.3 is 5.11 Å². The summed E-state index contributed by atoms with van der Waals surface area (Å²) < 4.78 is 0. The molecule has 72 valence electrons. The maximum absolute atomic E-state index is 10.2. The summed E-state index contributed by atoms with van der Waals surface area (Å²) in [7, 11) is 2.84. The molecule has 0 fully saturated rings. The van der Waals surface area contributed by atoms with Gasteiger partial charge in [0.1, 0.15) is 5.03 Å². The van der Waals surface area contributed by atoms with E-state index in [0.29, 0.717) is 5.75 Å². The summed E-state index contributed by atoms with van der Waals surface area (Å²) in [6.07, 6.45) is 3.51. The van der Waals surface area contributed by atoms with Gasteiger partial charge in [-0.15, -0.1) is 0 Å². The van der Waals surface area contributed by atoms with Crippen LogP contribution in [0, 0.1) is 0 Å². The van der Waals surface area contributed by atoms with Gasteiger partial charge in [0, 0.05) is 5.75 Å². The highest BCUT2D eigenvalue weighted by atomic mass is 33.1. The lowest BCUT2D eigenvalue weighted by Gasteiger charge is -1.97. The Morgan fingerprint density at radius 2 is 2.31 bits per heavy atom. The minimum Gasteiger partial charge on any atom is -0.481 e. The van der Waals surface area contributed by atoms with Gasteiger partial charge in [0.15, 0.2) is 0 Å². The molecule has 5 heteroatoms. The highest BCUT2D eigenvalue weighted by Crippen LogP contribution is 2.30. The van der Waals surface area contributed by atoms with E-state index in [1.54, 1.807) is 12.2 Å². The van der Waals surface area contributed by atoms with Crippen LogP contribution in [0.15, 0.2) is 28.8 Å². The quantitative estimate of drug-likeness (QED) is 0.308. The summed E-state index contributed by atoms with van der Waals surface area (Å²) >= 11 is 0. The van der Waals surface area contributed by atoms with Crippen LogP contribution in [0.2, 0.25) is 0 Å². The summed E-state index contributed by atoms with van der Waals surface area (Å²) in [4.78, 5) is 13.9. The largest absolute Gasteiger partial charge is 0.481 e. The second-order valence-corrected chi connectivity index (χ2v) is 4.38. The Morgan fingerprint density at radius 1 is 1.62 bits per heavy atom. The zero-order chi connectivity index (χ0) is 10.1. The molecule has 0 unspecified atom stereocenters. The number of nitrogens with zero attached hydrogens (tertiary/aromatic N) is 1. The number of hydrogen-bond donors (Lipinski definition) is 1. The SMILES string of the molecule is C=C/C=C(\N=C)SSCCC(=O)O. The molecular formula is C8H11NO2S2. The minimum absolute atomic E-state index is 0.163. The number of hydrogen-bond acceptors (Lipinski definition) is 4. The Hall–Kier alpha value is -0.680. The van der Waals surface area contributed by atoms with E-state index in [1.165, 1.54) is 21.6 Å². The smallest absolute Gasteiger partial charge is 0.304 e. The Labute approximate surface area is 85.4 Å². The molecule has 1 N–H and O–H groups in total. The molecule has 0 aromatic carbocycles. The fraction of sp³-hybridized carbons (Fsp3) is 0.250. The van der Waals surface area contributed by atoms with E-state index < -0.39 is 5.97 Å². The number of aliphatic carboxylic acids is 1. The van der Waals surface area contributed by atoms with Crippen molar-refractivity contribution >= 4 is 34.3 Å². The van der Waals surface area contributed by atoms with Crippen molar-refractivity contribution in [1.82, 2.24) is 0 Å². The van der Waals surface area contributed by atoms with Gasteiger partial charge in [0.2, 0.25) is 0 Å². The summed E-state index contributed by atoms with van der Waals surface area (Å²) in [6.45, 7) is 6.90. The van der Waals surface area contributed by atoms with Crippen LogP contribution < -0.4 is 0 Å². The fourth-order valence-electron chi connectivity index (χ4n) is 0.439. The lowest BCUT2D eigenvalue weighted by atomic mass is 10.5. The lowest BCUT2D eigenvalue weighted by Crippen LogP contribution is -1.94. The average Bonchev–Trinajstić information content (AvgIpc) is 2.10. The molecule has 0 aromatic rings. The molecule has 0 aliphatic heterocycles. The molecule has 0 saturated heterocycles. The van der Waals surface area contributed by atoms with E-state index in [1.807, 2.05) is 0 Å². The van der Waals surface area contributed by atoms with Crippen LogP contribution >= 0.6 is 21.6 Å². The van der Waals surface area contributed by atoms with Gasteiger partial charge in [0.25, 0.3) is 0 Å². The second-order valence-electron chi connectivity index (χ2n) is 1.95. The minimum atomic E-state index is -0.783. The van der Waals surface area contributed by atoms with E-state index in [-0.39, 0.29) is 6.42 Å². The zero-order valence-electron chi connectivity index (χ0n) is 7.10. The van der Waals surface area contributed by atoms with Gasteiger partial charge in [-0.3, -0.25) is 9.79 Å². The first-order chi connectivity index (χ1) is 6.20. The third-order valence-corrected chi connectivity index (χ3v) is 3.25. The van der Waals surface area contributed by atoms with Gasteiger partial charge in [-0.25, -0.2) is 0 Å². The fourth-order valence-corrected chi connectivity index (χ4v) is 2.29. The predicted octanol–water partition coefficient (Wildman–Crippen LogP) is 2.57. The Bertz CT molecular complexity index is 226. The molecule has 3 nitrogen and oxygen atoms in total. The van der Waals surface area contributed by atoms with E-state index in [9.17, 15) is 4.79 Å². The molecule has 0 aliphatic carbocycles. The van der Waals surface area contributed by atoms with Gasteiger partial charge in [-0.2, -0.15) is 0 Å². The third-order valence-electron chi connectivity index (χ3n) is 0.960. The Kier molecular flexibility index (Phi) is 7.53. The van der Waals surface area contributed by atoms with Gasteiger partial charge >= 0.3 is 5.97 Å². The van der Waals surface area contributed by atoms with Gasteiger partial charge in [-0.05, 0) is 23.6 Å². The molecule has 0 heterocycles. The molecule has 0 radical (unpaired) electrons. The first-order valence-electron chi connectivity index (χ1n) is 3.51. The van der Waals surface area contributed by atoms with E-state index in [0.717, 1.165) is 5.03 Å². The number of aliphatic imine (C=N–C) groups is 1. The van der Waals surface area contributed by atoms with Crippen LogP contribution in [0.3, 0.4) is 0 Å². The highest BCUT2D eigenvalue weighted by Gasteiger charge is 1.98. The molecule has 0 aromatic heterocycles. The zero-order valence-corrected chi connectivity index (χ0v) is 8.74. The summed E-state index contributed by atoms with van der Waals surface area (Å²) in [5, 5.41) is 9.09. The van der Waals surface area contributed by atoms with Crippen molar-refractivity contribution in [2.24, 2.45) is 4.99 Å². The molecule has 0 bridgehead atoms. The normalized spacial score (nSPS) is 10.9. The first-order valence-corrected chi connectivity index (χ1v) is 5.83. The summed E-state index contributed by atoms with van der Waals surface area (Å²) in [5.41, 5.74) is 0. The first kappa shape index (κ1) is 12.3. The van der Waals surface area contributed by atoms with Gasteiger partial charge in [0.05, 0.1) is 6.42 Å². The number of allylic oxidation sites excluding steroid dienone is 2. The van der Waals surface area contributed by atoms with Crippen molar-refractivity contribution < 1.29 is 9.90 Å². The molecule has 0 spiro atoms. The standard InChI is InChI=1S/C8H11NO2S2/c1-3-4-7(9-2)13-12-6-5-8(10)11/h3-4H,1-2,5-6H2,(H,10,11)/b7-4+. The number of carbonyl (C=O) groups is 1. The van der Waals surface area contributed by atoms with Crippen molar-refractivity contribution in [2.75, 3.05) is 5.75 Å². The highest BCUT2D eigenvalue weighted by molar-refractivity contribution is 8.78. The molecule has 0 aliphatic rings. The maximum Gasteiger partial charge on any atom is 0.304 e. The van der Waals surface area contributed by atoms with Crippen LogP contribution in [0.1, 0.15) is 6.42 Å². The van der Waals surface area contributed by atoms with Crippen molar-refractivity contribution in [3.63, 3.8) is 0 Å². The molecule has 0 amide bonds. The van der Waals surface area contributed by atoms with Gasteiger partial charge in [-0.1, -0.05) is 23.4 Å². The summed E-state index contributed by atoms with van der Waals surface area (Å²) in [5.74, 6) is -0.224. The molecule has 0 atom stereocenters. The monoisotopic (exact) mass is 217 g/mol. The Balaban J connectivity index is 3.61. The van der Waals surface area contributed by atoms with Crippen LogP contribution in [0.5, 0.6) is 0 Å². The summed E-state index contributed by atoms with van der Waals surface area (Å²) in [6, 6.07) is 0. The van der Waals surface area contributed by atoms with Crippen LogP contribution in [-0.4, -0.2) is 23.5 Å². The lowest BCUT2D eigenvalue weighted by molar-refractivity contribution is -0.136. The maximum atomic E-state index is 10.2. The van der Waals surface area contributed by atoms with E-state index in [4.69, 9.17) is 5.11 Å². The molecule has 0 saturated carbocycles. The van der Waals surface area contributed by atoms with Crippen molar-refractivity contribution in [2.45, 2.75) is 6.42 Å². The van der Waals surface area contributed by atoms with Crippen molar-refractivity contribution in [3.05, 3.63) is 23.8 Å². The topological polar surface area (TPSA) is 49.7 Å². The third kappa shape index (κ3) is 7.67. The number of carboxylic acid groups (broad SMARTS) is 1. The Morgan fingerprint density at radius 3 is 2.77 bits per heavy atom. The average molecular weight is 217 g/mol. The predicted molar refractivity (Wildman–Crippen MR) is 60.1 cm³/mol. The molecule has 0 rings (SSSR count). The second kappa shape index (κ2) is 7.94. The van der Waals surface area contributed by atoms with Crippen molar-refractivity contribution in [1.29, 1.82) is 0 Å². The molecule has 13 heavy (non-hydrogen) atoms. The molecular weight excluding hydrogens is 206 g/mol. The number of carboxylic acids is 1. The van der Waals surface area contributed by atoms with Crippen LogP contribution in [-0.2, 0) is 4.79 Å². The van der Waals surface area contributed by atoms with E-state index >= 15 is 0 Å². The van der Waals surface area contributed by atoms with Crippen molar-refractivity contribution in [3.8, 4) is 0 Å². The van der Waals surface area contributed by atoms with E-state index in [2.05, 4.69) is 18.3 Å². The van der Waals surface area contributed by atoms with Crippen LogP contribution in [0.4, 0.5) is 0 Å². The number of rotatable bonds is 7. The van der Waals surface area contributed by atoms with Crippen LogP contribution in [0.25, 0.3) is 0 Å².